The molecule has 1 atom stereocenters. The number of carbonyl (C=O) groups is 1. The van der Waals surface area contributed by atoms with Crippen LogP contribution in [0.25, 0.3) is 11.3 Å². The van der Waals surface area contributed by atoms with Crippen molar-refractivity contribution in [2.75, 3.05) is 13.2 Å². The molecule has 2 aliphatic heterocycles. The summed E-state index contributed by atoms with van der Waals surface area (Å²) in [5.74, 6) is -4.07. The Morgan fingerprint density at radius 3 is 2.62 bits per heavy atom. The molecule has 0 aliphatic carbocycles. The second kappa shape index (κ2) is 7.78. The molecule has 2 aromatic carbocycles. The number of rotatable bonds is 2. The van der Waals surface area contributed by atoms with Crippen molar-refractivity contribution >= 4 is 5.91 Å². The van der Waals surface area contributed by atoms with Crippen LogP contribution >= 0.6 is 0 Å². The zero-order chi connectivity index (χ0) is 22.6. The summed E-state index contributed by atoms with van der Waals surface area (Å²) in [5.41, 5.74) is 4.94. The molecule has 5 rings (SSSR count). The van der Waals surface area contributed by atoms with E-state index in [2.05, 4.69) is 5.10 Å². The summed E-state index contributed by atoms with van der Waals surface area (Å²) in [6.07, 6.45) is 1.26. The van der Waals surface area contributed by atoms with E-state index in [4.69, 9.17) is 4.74 Å². The van der Waals surface area contributed by atoms with Crippen LogP contribution in [0.4, 0.5) is 13.2 Å². The first-order chi connectivity index (χ1) is 15.4. The predicted octanol–water partition coefficient (Wildman–Crippen LogP) is 4.34. The lowest BCUT2D eigenvalue weighted by molar-refractivity contribution is 0.0660. The summed E-state index contributed by atoms with van der Waals surface area (Å²) in [4.78, 5) is 15.2. The van der Waals surface area contributed by atoms with E-state index in [9.17, 15) is 18.0 Å². The maximum Gasteiger partial charge on any atom is 0.254 e. The first kappa shape index (κ1) is 20.8. The molecule has 1 amide bonds. The third-order valence-corrected chi connectivity index (χ3v) is 6.43. The average molecular weight is 441 g/mol. The summed E-state index contributed by atoms with van der Waals surface area (Å²) in [6, 6.07) is 7.38. The van der Waals surface area contributed by atoms with Gasteiger partial charge >= 0.3 is 0 Å². The van der Waals surface area contributed by atoms with Gasteiger partial charge in [0.2, 0.25) is 0 Å². The third-order valence-electron chi connectivity index (χ3n) is 6.43. The molecule has 0 spiro atoms. The molecule has 0 saturated carbocycles. The van der Waals surface area contributed by atoms with Crippen molar-refractivity contribution in [1.29, 1.82) is 0 Å². The number of hydrogen-bond acceptors (Lipinski definition) is 3. The van der Waals surface area contributed by atoms with Gasteiger partial charge in [-0.1, -0.05) is 12.1 Å². The lowest BCUT2D eigenvalue weighted by Crippen LogP contribution is -2.39. The Morgan fingerprint density at radius 2 is 1.88 bits per heavy atom. The van der Waals surface area contributed by atoms with Gasteiger partial charge in [0.05, 0.1) is 30.6 Å². The van der Waals surface area contributed by atoms with E-state index in [0.717, 1.165) is 35.2 Å². The highest BCUT2D eigenvalue weighted by molar-refractivity contribution is 5.96. The standard InChI is InChI=1S/C24H22F3N3O2/c1-13-22-17(23(29(2)28-22)15-10-19(25)21(27)20(26)11-15)6-8-30(13)24(31)16-5-3-4-14-7-9-32-12-18(14)16/h3-5,10-11,13H,6-9,12H2,1-2H3/t13-/m0/s1. The molecule has 3 heterocycles. The highest BCUT2D eigenvalue weighted by Crippen LogP contribution is 2.37. The number of nitrogens with zero attached hydrogens (tertiary/aromatic N) is 3. The summed E-state index contributed by atoms with van der Waals surface area (Å²) in [5, 5.41) is 4.56. The van der Waals surface area contributed by atoms with Gasteiger partial charge in [-0.15, -0.1) is 0 Å². The summed E-state index contributed by atoms with van der Waals surface area (Å²) in [6.45, 7) is 3.39. The maximum atomic E-state index is 13.9. The molecule has 0 saturated heterocycles. The molecule has 8 heteroatoms. The van der Waals surface area contributed by atoms with Crippen molar-refractivity contribution in [1.82, 2.24) is 14.7 Å². The van der Waals surface area contributed by atoms with Gasteiger partial charge < -0.3 is 9.64 Å². The molecule has 2 aliphatic rings. The first-order valence-electron chi connectivity index (χ1n) is 10.6. The number of benzene rings is 2. The van der Waals surface area contributed by atoms with Crippen LogP contribution in [-0.2, 0) is 31.2 Å². The van der Waals surface area contributed by atoms with Gasteiger partial charge in [0.25, 0.3) is 5.91 Å². The zero-order valence-electron chi connectivity index (χ0n) is 17.8. The molecular formula is C24H22F3N3O2. The molecule has 5 nitrogen and oxygen atoms in total. The fraction of sp³-hybridized carbons (Fsp3) is 0.333. The number of amides is 1. The number of halogens is 3. The normalized spacial score (nSPS) is 17.8. The Kier molecular flexibility index (Phi) is 5.04. The van der Waals surface area contributed by atoms with Crippen molar-refractivity contribution in [3.8, 4) is 11.3 Å². The predicted molar refractivity (Wildman–Crippen MR) is 111 cm³/mol. The fourth-order valence-corrected chi connectivity index (χ4v) is 4.83. The maximum absolute atomic E-state index is 13.9. The van der Waals surface area contributed by atoms with Crippen LogP contribution in [0, 0.1) is 17.5 Å². The van der Waals surface area contributed by atoms with Crippen molar-refractivity contribution in [2.24, 2.45) is 7.05 Å². The third kappa shape index (κ3) is 3.21. The Hall–Kier alpha value is -3.13. The number of hydrogen-bond donors (Lipinski definition) is 0. The lowest BCUT2D eigenvalue weighted by Gasteiger charge is -2.34. The highest BCUT2D eigenvalue weighted by atomic mass is 19.2. The monoisotopic (exact) mass is 441 g/mol. The topological polar surface area (TPSA) is 47.4 Å². The Labute approximate surface area is 183 Å². The molecule has 0 fully saturated rings. The van der Waals surface area contributed by atoms with Crippen molar-refractivity contribution < 1.29 is 22.7 Å². The molecular weight excluding hydrogens is 419 g/mol. The van der Waals surface area contributed by atoms with Crippen LogP contribution in [0.2, 0.25) is 0 Å². The molecule has 0 unspecified atom stereocenters. The number of aromatic nitrogens is 2. The van der Waals surface area contributed by atoms with Crippen molar-refractivity contribution in [2.45, 2.75) is 32.4 Å². The first-order valence-corrected chi connectivity index (χ1v) is 10.6. The van der Waals surface area contributed by atoms with E-state index in [1.54, 1.807) is 16.6 Å². The van der Waals surface area contributed by atoms with Crippen LogP contribution in [0.15, 0.2) is 30.3 Å². The minimum absolute atomic E-state index is 0.0865. The van der Waals surface area contributed by atoms with Crippen LogP contribution in [0.5, 0.6) is 0 Å². The van der Waals surface area contributed by atoms with Gasteiger partial charge in [-0.25, -0.2) is 13.2 Å². The summed E-state index contributed by atoms with van der Waals surface area (Å²) in [7, 11) is 1.68. The zero-order valence-corrected chi connectivity index (χ0v) is 17.8. The summed E-state index contributed by atoms with van der Waals surface area (Å²) < 4.78 is 48.3. The molecule has 1 aromatic heterocycles. The van der Waals surface area contributed by atoms with E-state index in [0.29, 0.717) is 43.1 Å². The van der Waals surface area contributed by atoms with Gasteiger partial charge in [0, 0.05) is 30.3 Å². The average Bonchev–Trinajstić information content (AvgIpc) is 3.13. The van der Waals surface area contributed by atoms with Gasteiger partial charge in [-0.05, 0) is 49.1 Å². The van der Waals surface area contributed by atoms with Gasteiger partial charge in [-0.3, -0.25) is 9.48 Å². The highest BCUT2D eigenvalue weighted by Gasteiger charge is 2.34. The SMILES string of the molecule is C[C@H]1c2nn(C)c(-c3cc(F)c(F)c(F)c3)c2CCN1C(=O)c1cccc2c1COCC2. The van der Waals surface area contributed by atoms with Crippen LogP contribution in [0.3, 0.4) is 0 Å². The van der Waals surface area contributed by atoms with Crippen LogP contribution in [-0.4, -0.2) is 33.7 Å². The Morgan fingerprint density at radius 1 is 1.12 bits per heavy atom. The molecule has 32 heavy (non-hydrogen) atoms. The minimum Gasteiger partial charge on any atom is -0.376 e. The number of carbonyl (C=O) groups excluding carboxylic acids is 1. The van der Waals surface area contributed by atoms with Crippen LogP contribution < -0.4 is 0 Å². The molecule has 3 aromatic rings. The van der Waals surface area contributed by atoms with Crippen molar-refractivity contribution in [3.63, 3.8) is 0 Å². The van der Waals surface area contributed by atoms with Gasteiger partial charge in [-0.2, -0.15) is 5.10 Å². The van der Waals surface area contributed by atoms with E-state index in [1.807, 2.05) is 25.1 Å². The molecule has 0 bridgehead atoms. The van der Waals surface area contributed by atoms with Gasteiger partial charge in [0.15, 0.2) is 17.5 Å². The second-order valence-electron chi connectivity index (χ2n) is 8.26. The van der Waals surface area contributed by atoms with Gasteiger partial charge in [0.1, 0.15) is 0 Å². The van der Waals surface area contributed by atoms with E-state index in [1.165, 1.54) is 0 Å². The number of aryl methyl sites for hydroxylation is 1. The summed E-state index contributed by atoms with van der Waals surface area (Å²) >= 11 is 0. The van der Waals surface area contributed by atoms with E-state index < -0.39 is 17.5 Å². The molecule has 0 radical (unpaired) electrons. The largest absolute Gasteiger partial charge is 0.376 e. The quantitative estimate of drug-likeness (QED) is 0.556. The Bertz CT molecular complexity index is 1210. The molecule has 166 valence electrons. The van der Waals surface area contributed by atoms with E-state index in [-0.39, 0.29) is 17.5 Å². The van der Waals surface area contributed by atoms with Crippen LogP contribution in [0.1, 0.15) is 45.7 Å². The van der Waals surface area contributed by atoms with E-state index >= 15 is 0 Å². The lowest BCUT2D eigenvalue weighted by atomic mass is 9.93. The molecule has 0 N–H and O–H groups in total. The fourth-order valence-electron chi connectivity index (χ4n) is 4.83. The smallest absolute Gasteiger partial charge is 0.254 e. The Balaban J connectivity index is 1.51. The number of ether oxygens (including phenoxy) is 1. The minimum atomic E-state index is -1.50. The van der Waals surface area contributed by atoms with Crippen molar-refractivity contribution in [3.05, 3.63) is 75.7 Å². The second-order valence-corrected chi connectivity index (χ2v) is 8.26. The number of fused-ring (bicyclic) bond motifs is 2.